The number of rotatable bonds is 4. The first-order valence-electron chi connectivity index (χ1n) is 5.79. The van der Waals surface area contributed by atoms with Gasteiger partial charge in [0, 0.05) is 7.05 Å². The summed E-state index contributed by atoms with van der Waals surface area (Å²) in [6.07, 6.45) is 1.17. The summed E-state index contributed by atoms with van der Waals surface area (Å²) < 4.78 is 0. The first-order valence-corrected chi connectivity index (χ1v) is 5.79. The Balaban J connectivity index is 3.20. The Morgan fingerprint density at radius 3 is 2.50 bits per heavy atom. The van der Waals surface area contributed by atoms with Crippen LogP contribution >= 0.6 is 0 Å². The largest absolute Gasteiger partial charge is 0.355 e. The maximum atomic E-state index is 11.8. The summed E-state index contributed by atoms with van der Waals surface area (Å²) in [7, 11) is 1.56. The Kier molecular flexibility index (Phi) is 4.66. The number of hydrogen-bond acceptors (Lipinski definition) is 2. The molecule has 2 N–H and O–H groups in total. The number of amides is 2. The first kappa shape index (κ1) is 14.0. The standard InChI is InChI=1S/C14H18N2O2/c1-5-13(17)16-12-7-6-10(9(2)3)8-11(12)14(18)15-4/h5-9H,1H2,2-4H3,(H,15,18)(H,16,17). The van der Waals surface area contributed by atoms with Crippen LogP contribution in [0.5, 0.6) is 0 Å². The van der Waals surface area contributed by atoms with Crippen LogP contribution in [0.1, 0.15) is 35.7 Å². The molecule has 1 aromatic rings. The van der Waals surface area contributed by atoms with Crippen molar-refractivity contribution in [3.63, 3.8) is 0 Å². The summed E-state index contributed by atoms with van der Waals surface area (Å²) in [5.74, 6) is -0.244. The van der Waals surface area contributed by atoms with E-state index in [-0.39, 0.29) is 11.8 Å². The lowest BCUT2D eigenvalue weighted by Gasteiger charge is -2.13. The molecule has 0 heterocycles. The molecule has 0 atom stereocenters. The minimum absolute atomic E-state index is 0.225. The molecule has 0 aliphatic carbocycles. The molecule has 4 nitrogen and oxygen atoms in total. The zero-order valence-corrected chi connectivity index (χ0v) is 10.9. The second-order valence-corrected chi connectivity index (χ2v) is 4.23. The van der Waals surface area contributed by atoms with Crippen molar-refractivity contribution in [2.45, 2.75) is 19.8 Å². The van der Waals surface area contributed by atoms with Gasteiger partial charge in [-0.25, -0.2) is 0 Å². The molecule has 0 spiro atoms. The van der Waals surface area contributed by atoms with E-state index in [0.717, 1.165) is 5.56 Å². The quantitative estimate of drug-likeness (QED) is 0.801. The van der Waals surface area contributed by atoms with Crippen LogP contribution in [0.2, 0.25) is 0 Å². The topological polar surface area (TPSA) is 58.2 Å². The highest BCUT2D eigenvalue weighted by Crippen LogP contribution is 2.22. The molecule has 96 valence electrons. The molecule has 0 fully saturated rings. The molecule has 18 heavy (non-hydrogen) atoms. The van der Waals surface area contributed by atoms with Gasteiger partial charge in [-0.2, -0.15) is 0 Å². The van der Waals surface area contributed by atoms with Crippen molar-refractivity contribution in [2.75, 3.05) is 12.4 Å². The number of nitrogens with one attached hydrogen (secondary N) is 2. The lowest BCUT2D eigenvalue weighted by molar-refractivity contribution is -0.111. The molecule has 2 amide bonds. The molecule has 0 aliphatic rings. The molecule has 1 rings (SSSR count). The lowest BCUT2D eigenvalue weighted by atomic mass is 9.99. The average molecular weight is 246 g/mol. The van der Waals surface area contributed by atoms with E-state index in [9.17, 15) is 9.59 Å². The summed E-state index contributed by atoms with van der Waals surface area (Å²) in [5, 5.41) is 5.19. The summed E-state index contributed by atoms with van der Waals surface area (Å²) in [6, 6.07) is 5.43. The van der Waals surface area contributed by atoms with Crippen LogP contribution in [-0.4, -0.2) is 18.9 Å². The first-order chi connectivity index (χ1) is 8.49. The van der Waals surface area contributed by atoms with Crippen molar-refractivity contribution in [3.05, 3.63) is 42.0 Å². The van der Waals surface area contributed by atoms with Crippen molar-refractivity contribution in [1.82, 2.24) is 5.32 Å². The van der Waals surface area contributed by atoms with E-state index in [0.29, 0.717) is 17.2 Å². The molecular formula is C14H18N2O2. The second-order valence-electron chi connectivity index (χ2n) is 4.23. The Labute approximate surface area is 107 Å². The van der Waals surface area contributed by atoms with Crippen LogP contribution in [0.15, 0.2) is 30.9 Å². The monoisotopic (exact) mass is 246 g/mol. The van der Waals surface area contributed by atoms with E-state index in [2.05, 4.69) is 17.2 Å². The van der Waals surface area contributed by atoms with Gasteiger partial charge in [-0.1, -0.05) is 26.5 Å². The van der Waals surface area contributed by atoms with Crippen LogP contribution in [0, 0.1) is 0 Å². The minimum atomic E-state index is -0.336. The molecule has 0 aromatic heterocycles. The highest BCUT2D eigenvalue weighted by atomic mass is 16.2. The van der Waals surface area contributed by atoms with E-state index >= 15 is 0 Å². The Morgan fingerprint density at radius 1 is 1.33 bits per heavy atom. The molecular weight excluding hydrogens is 228 g/mol. The molecule has 0 saturated heterocycles. The second kappa shape index (κ2) is 6.00. The third kappa shape index (κ3) is 3.20. The van der Waals surface area contributed by atoms with Crippen molar-refractivity contribution in [1.29, 1.82) is 0 Å². The van der Waals surface area contributed by atoms with E-state index in [1.165, 1.54) is 6.08 Å². The summed E-state index contributed by atoms with van der Waals surface area (Å²) in [4.78, 5) is 23.1. The Hall–Kier alpha value is -2.10. The number of hydrogen-bond donors (Lipinski definition) is 2. The SMILES string of the molecule is C=CC(=O)Nc1ccc(C(C)C)cc1C(=O)NC. The fraction of sp³-hybridized carbons (Fsp3) is 0.286. The van der Waals surface area contributed by atoms with Crippen molar-refractivity contribution < 1.29 is 9.59 Å². The maximum absolute atomic E-state index is 11.8. The number of carbonyl (C=O) groups is 2. The van der Waals surface area contributed by atoms with Crippen LogP contribution in [-0.2, 0) is 4.79 Å². The molecule has 0 bridgehead atoms. The number of benzene rings is 1. The molecule has 0 saturated carbocycles. The predicted molar refractivity (Wildman–Crippen MR) is 72.7 cm³/mol. The van der Waals surface area contributed by atoms with Gasteiger partial charge in [0.1, 0.15) is 0 Å². The highest BCUT2D eigenvalue weighted by molar-refractivity contribution is 6.06. The van der Waals surface area contributed by atoms with Gasteiger partial charge in [0.15, 0.2) is 0 Å². The highest BCUT2D eigenvalue weighted by Gasteiger charge is 2.13. The molecule has 4 heteroatoms. The fourth-order valence-corrected chi connectivity index (χ4v) is 1.54. The van der Waals surface area contributed by atoms with Gasteiger partial charge in [-0.3, -0.25) is 9.59 Å². The molecule has 0 aliphatic heterocycles. The maximum Gasteiger partial charge on any atom is 0.253 e. The van der Waals surface area contributed by atoms with E-state index < -0.39 is 0 Å². The number of carbonyl (C=O) groups excluding carboxylic acids is 2. The van der Waals surface area contributed by atoms with E-state index in [1.54, 1.807) is 19.2 Å². The van der Waals surface area contributed by atoms with E-state index in [1.807, 2.05) is 19.9 Å². The van der Waals surface area contributed by atoms with Gasteiger partial charge in [-0.05, 0) is 29.7 Å². The Bertz CT molecular complexity index is 479. The lowest BCUT2D eigenvalue weighted by Crippen LogP contribution is -2.21. The third-order valence-electron chi connectivity index (χ3n) is 2.63. The molecule has 1 aromatic carbocycles. The van der Waals surface area contributed by atoms with Gasteiger partial charge >= 0.3 is 0 Å². The van der Waals surface area contributed by atoms with Crippen molar-refractivity contribution >= 4 is 17.5 Å². The number of anilines is 1. The predicted octanol–water partition coefficient (Wildman–Crippen LogP) is 2.29. The van der Waals surface area contributed by atoms with Gasteiger partial charge < -0.3 is 10.6 Å². The van der Waals surface area contributed by atoms with Crippen LogP contribution in [0.3, 0.4) is 0 Å². The zero-order chi connectivity index (χ0) is 13.7. The summed E-state index contributed by atoms with van der Waals surface area (Å²) in [5.41, 5.74) is 1.99. The van der Waals surface area contributed by atoms with Gasteiger partial charge in [0.2, 0.25) is 5.91 Å². The smallest absolute Gasteiger partial charge is 0.253 e. The van der Waals surface area contributed by atoms with Crippen LogP contribution in [0.25, 0.3) is 0 Å². The van der Waals surface area contributed by atoms with Crippen molar-refractivity contribution in [2.24, 2.45) is 0 Å². The normalized spacial score (nSPS) is 10.0. The van der Waals surface area contributed by atoms with E-state index in [4.69, 9.17) is 0 Å². The van der Waals surface area contributed by atoms with Gasteiger partial charge in [0.25, 0.3) is 5.91 Å². The van der Waals surface area contributed by atoms with Crippen molar-refractivity contribution in [3.8, 4) is 0 Å². The Morgan fingerprint density at radius 2 is 2.00 bits per heavy atom. The third-order valence-corrected chi connectivity index (χ3v) is 2.63. The summed E-state index contributed by atoms with van der Waals surface area (Å²) in [6.45, 7) is 7.48. The van der Waals surface area contributed by atoms with Crippen LogP contribution < -0.4 is 10.6 Å². The fourth-order valence-electron chi connectivity index (χ4n) is 1.54. The molecule has 0 unspecified atom stereocenters. The average Bonchev–Trinajstić information content (AvgIpc) is 2.37. The van der Waals surface area contributed by atoms with Crippen LogP contribution in [0.4, 0.5) is 5.69 Å². The molecule has 0 radical (unpaired) electrons. The summed E-state index contributed by atoms with van der Waals surface area (Å²) >= 11 is 0. The van der Waals surface area contributed by atoms with Gasteiger partial charge in [0.05, 0.1) is 11.3 Å². The minimum Gasteiger partial charge on any atom is -0.355 e. The zero-order valence-electron chi connectivity index (χ0n) is 10.9. The van der Waals surface area contributed by atoms with Gasteiger partial charge in [-0.15, -0.1) is 0 Å².